The fraction of sp³-hybridized carbons (Fsp3) is 0.618. The van der Waals surface area contributed by atoms with E-state index in [1.54, 1.807) is 33.8 Å². The molecule has 4 heterocycles. The Morgan fingerprint density at radius 3 is 2.41 bits per heavy atom. The topological polar surface area (TPSA) is 167 Å². The fourth-order valence-corrected chi connectivity index (χ4v) is 6.50. The summed E-state index contributed by atoms with van der Waals surface area (Å²) in [6, 6.07) is 1.63. The maximum atomic E-state index is 13.7. The highest BCUT2D eigenvalue weighted by Gasteiger charge is 2.45. The molecule has 2 aromatic rings. The van der Waals surface area contributed by atoms with Gasteiger partial charge in [0.05, 0.1) is 40.3 Å². The largest absolute Gasteiger partial charge is 0.462 e. The third-order valence-electron chi connectivity index (χ3n) is 8.17. The van der Waals surface area contributed by atoms with Crippen molar-refractivity contribution in [2.75, 3.05) is 25.1 Å². The maximum Gasteiger partial charge on any atom is 0.411 e. The van der Waals surface area contributed by atoms with E-state index in [1.165, 1.54) is 12.4 Å². The van der Waals surface area contributed by atoms with E-state index in [0.717, 1.165) is 0 Å². The second-order valence-electron chi connectivity index (χ2n) is 14.1. The van der Waals surface area contributed by atoms with Gasteiger partial charge >= 0.3 is 18.2 Å². The zero-order chi connectivity index (χ0) is 36.1. The molecule has 5 atom stereocenters. The number of aliphatic hydroxyl groups is 1. The number of pyridine rings is 2. The second-order valence-corrected chi connectivity index (χ2v) is 15.0. The Hall–Kier alpha value is -3.23. The van der Waals surface area contributed by atoms with Crippen LogP contribution in [0.3, 0.4) is 0 Å². The van der Waals surface area contributed by atoms with Gasteiger partial charge in [0.15, 0.2) is 0 Å². The Bertz CT molecular complexity index is 1510. The number of halogens is 2. The van der Waals surface area contributed by atoms with E-state index in [4.69, 9.17) is 46.9 Å². The summed E-state index contributed by atoms with van der Waals surface area (Å²) < 4.78 is 28.7. The molecule has 13 nitrogen and oxygen atoms in total. The predicted molar refractivity (Wildman–Crippen MR) is 181 cm³/mol. The molecule has 2 amide bonds. The third-order valence-corrected chi connectivity index (χ3v) is 8.66. The lowest BCUT2D eigenvalue weighted by atomic mass is 9.77. The van der Waals surface area contributed by atoms with Crippen LogP contribution in [0, 0.1) is 17.3 Å². The van der Waals surface area contributed by atoms with Gasteiger partial charge in [0, 0.05) is 43.0 Å². The van der Waals surface area contributed by atoms with Crippen molar-refractivity contribution in [1.29, 1.82) is 0 Å². The van der Waals surface area contributed by atoms with E-state index in [9.17, 15) is 19.5 Å². The van der Waals surface area contributed by atoms with Crippen LogP contribution in [-0.4, -0.2) is 71.0 Å². The monoisotopic (exact) mass is 724 g/mol. The lowest BCUT2D eigenvalue weighted by molar-refractivity contribution is -0.0318. The SMILES string of the molecule is CCOC(=O)c1c(CC2CCOC2NC(=O)OC(C)(C)C)ncc(Cl)c1NC(=O)OC(C1CCOC1c1ncc(Cl)cc1CO)C(C)(C)C. The minimum atomic E-state index is -0.852. The quantitative estimate of drug-likeness (QED) is 0.178. The van der Waals surface area contributed by atoms with Crippen LogP contribution in [0.2, 0.25) is 10.0 Å². The van der Waals surface area contributed by atoms with Gasteiger partial charge in [-0.25, -0.2) is 14.4 Å². The van der Waals surface area contributed by atoms with Gasteiger partial charge in [-0.3, -0.25) is 20.6 Å². The Balaban J connectivity index is 1.60. The van der Waals surface area contributed by atoms with Crippen molar-refractivity contribution in [3.05, 3.63) is 51.0 Å². The number of anilines is 1. The summed E-state index contributed by atoms with van der Waals surface area (Å²) in [7, 11) is 0. The Kier molecular flexibility index (Phi) is 12.7. The molecule has 0 spiro atoms. The molecule has 4 rings (SSSR count). The lowest BCUT2D eigenvalue weighted by Crippen LogP contribution is -2.42. The molecular weight excluding hydrogens is 679 g/mol. The van der Waals surface area contributed by atoms with Crippen molar-refractivity contribution in [3.63, 3.8) is 0 Å². The predicted octanol–water partition coefficient (Wildman–Crippen LogP) is 6.62. The number of nitrogens with zero attached hydrogens (tertiary/aromatic N) is 2. The average Bonchev–Trinajstić information content (AvgIpc) is 3.65. The average molecular weight is 726 g/mol. The highest BCUT2D eigenvalue weighted by atomic mass is 35.5. The molecule has 2 saturated heterocycles. The molecule has 15 heteroatoms. The number of alkyl carbamates (subject to hydrolysis) is 1. The van der Waals surface area contributed by atoms with Crippen molar-refractivity contribution in [1.82, 2.24) is 15.3 Å². The number of ether oxygens (including phenoxy) is 5. The van der Waals surface area contributed by atoms with Crippen LogP contribution in [0.1, 0.15) is 94.7 Å². The molecule has 5 unspecified atom stereocenters. The lowest BCUT2D eigenvalue weighted by Gasteiger charge is -2.36. The van der Waals surface area contributed by atoms with E-state index in [0.29, 0.717) is 48.0 Å². The number of aromatic nitrogens is 2. The fourth-order valence-electron chi connectivity index (χ4n) is 6.13. The molecule has 270 valence electrons. The van der Waals surface area contributed by atoms with Crippen molar-refractivity contribution in [3.8, 4) is 0 Å². The molecule has 0 radical (unpaired) electrons. The number of esters is 1. The van der Waals surface area contributed by atoms with Crippen LogP contribution >= 0.6 is 23.2 Å². The van der Waals surface area contributed by atoms with Gasteiger partial charge in [-0.2, -0.15) is 0 Å². The maximum absolute atomic E-state index is 13.7. The third kappa shape index (κ3) is 9.94. The summed E-state index contributed by atoms with van der Waals surface area (Å²) >= 11 is 12.7. The standard InChI is InChI=1S/C34H46Cl2N4O9/c1-8-45-30(42)24-23(14-18-9-11-47-29(18)40-32(44)49-34(5,6)7)37-16-22(36)26(24)39-31(43)48-28(33(2,3)4)21-10-12-46-27(21)25-19(17-41)13-20(35)15-38-25/h13,15-16,18,21,27-29,41H,8-12,14,17H2,1-7H3,(H,40,44)(H,37,39,43). The molecule has 2 aliphatic rings. The number of amides is 2. The number of rotatable bonds is 10. The Labute approximate surface area is 296 Å². The first-order chi connectivity index (χ1) is 23.0. The molecule has 0 saturated carbocycles. The minimum absolute atomic E-state index is 0.00203. The summed E-state index contributed by atoms with van der Waals surface area (Å²) in [5.74, 6) is -1.33. The van der Waals surface area contributed by atoms with Crippen molar-refractivity contribution >= 4 is 47.0 Å². The molecule has 2 aromatic heterocycles. The summed E-state index contributed by atoms with van der Waals surface area (Å²) in [5.41, 5.74) is 0.0415. The van der Waals surface area contributed by atoms with E-state index in [2.05, 4.69) is 20.6 Å². The van der Waals surface area contributed by atoms with Gasteiger partial charge in [0.2, 0.25) is 0 Å². The van der Waals surface area contributed by atoms with Crippen molar-refractivity contribution < 1.29 is 43.2 Å². The smallest absolute Gasteiger partial charge is 0.411 e. The van der Waals surface area contributed by atoms with Gasteiger partial charge in [0.25, 0.3) is 0 Å². The van der Waals surface area contributed by atoms with E-state index in [1.807, 2.05) is 20.8 Å². The highest BCUT2D eigenvalue weighted by molar-refractivity contribution is 6.34. The first-order valence-corrected chi connectivity index (χ1v) is 17.1. The number of carbonyl (C=O) groups excluding carboxylic acids is 3. The van der Waals surface area contributed by atoms with Crippen LogP contribution in [0.5, 0.6) is 0 Å². The van der Waals surface area contributed by atoms with Crippen molar-refractivity contribution in [2.45, 2.75) is 98.4 Å². The number of hydrogen-bond donors (Lipinski definition) is 3. The first-order valence-electron chi connectivity index (χ1n) is 16.3. The molecule has 49 heavy (non-hydrogen) atoms. The number of hydrogen-bond acceptors (Lipinski definition) is 11. The molecule has 2 fully saturated rings. The van der Waals surface area contributed by atoms with Gasteiger partial charge in [-0.1, -0.05) is 44.0 Å². The van der Waals surface area contributed by atoms with Crippen LogP contribution in [0.4, 0.5) is 15.3 Å². The van der Waals surface area contributed by atoms with Gasteiger partial charge in [0.1, 0.15) is 29.6 Å². The molecule has 0 aliphatic carbocycles. The molecule has 3 N–H and O–H groups in total. The highest BCUT2D eigenvalue weighted by Crippen LogP contribution is 2.44. The zero-order valence-corrected chi connectivity index (χ0v) is 30.4. The number of aliphatic hydroxyl groups excluding tert-OH is 1. The Morgan fingerprint density at radius 1 is 1.04 bits per heavy atom. The minimum Gasteiger partial charge on any atom is -0.462 e. The molecule has 0 bridgehead atoms. The Morgan fingerprint density at radius 2 is 1.76 bits per heavy atom. The summed E-state index contributed by atoms with van der Waals surface area (Å²) in [6.45, 7) is 13.3. The van der Waals surface area contributed by atoms with Crippen LogP contribution in [-0.2, 0) is 36.7 Å². The van der Waals surface area contributed by atoms with Gasteiger partial charge < -0.3 is 28.8 Å². The van der Waals surface area contributed by atoms with E-state index in [-0.39, 0.29) is 47.7 Å². The summed E-state index contributed by atoms with van der Waals surface area (Å²) in [6.07, 6.45) is 0.711. The molecular formula is C34H46Cl2N4O9. The number of nitrogens with one attached hydrogen (secondary N) is 2. The molecule has 2 aliphatic heterocycles. The first kappa shape index (κ1) is 38.6. The molecule has 0 aromatic carbocycles. The number of carbonyl (C=O) groups is 3. The van der Waals surface area contributed by atoms with E-state index < -0.39 is 47.6 Å². The van der Waals surface area contributed by atoms with Crippen LogP contribution < -0.4 is 10.6 Å². The van der Waals surface area contributed by atoms with Crippen molar-refractivity contribution in [2.24, 2.45) is 17.3 Å². The summed E-state index contributed by atoms with van der Waals surface area (Å²) in [4.78, 5) is 48.5. The normalized spacial score (nSPS) is 21.6. The zero-order valence-electron chi connectivity index (χ0n) is 28.9. The van der Waals surface area contributed by atoms with E-state index >= 15 is 0 Å². The second kappa shape index (κ2) is 16.2. The van der Waals surface area contributed by atoms with Gasteiger partial charge in [-0.15, -0.1) is 0 Å². The summed E-state index contributed by atoms with van der Waals surface area (Å²) in [5, 5.41) is 15.8. The van der Waals surface area contributed by atoms with Gasteiger partial charge in [-0.05, 0) is 58.4 Å². The van der Waals surface area contributed by atoms with Crippen LogP contribution in [0.15, 0.2) is 18.5 Å². The van der Waals surface area contributed by atoms with Crippen LogP contribution in [0.25, 0.3) is 0 Å².